The van der Waals surface area contributed by atoms with Gasteiger partial charge in [-0.2, -0.15) is 0 Å². The first-order valence-electron chi connectivity index (χ1n) is 8.01. The number of aromatic hydroxyl groups is 1. The van der Waals surface area contributed by atoms with E-state index in [0.717, 1.165) is 45.7 Å². The minimum atomic E-state index is 0.178. The quantitative estimate of drug-likeness (QED) is 0.800. The maximum atomic E-state index is 11.5. The summed E-state index contributed by atoms with van der Waals surface area (Å²) >= 11 is 0. The summed E-state index contributed by atoms with van der Waals surface area (Å²) in [6.07, 6.45) is 3.25. The zero-order chi connectivity index (χ0) is 15.4. The van der Waals surface area contributed by atoms with Crippen molar-refractivity contribution in [3.8, 4) is 5.75 Å². The van der Waals surface area contributed by atoms with E-state index in [1.165, 1.54) is 12.8 Å². The molecule has 1 amide bonds. The Bertz CT molecular complexity index is 497. The summed E-state index contributed by atoms with van der Waals surface area (Å²) in [6.45, 7) is 5.83. The van der Waals surface area contributed by atoms with Crippen LogP contribution in [0.5, 0.6) is 5.75 Å². The summed E-state index contributed by atoms with van der Waals surface area (Å²) in [7, 11) is 0. The zero-order valence-electron chi connectivity index (χ0n) is 12.8. The van der Waals surface area contributed by atoms with Gasteiger partial charge in [0.05, 0.1) is 5.69 Å². The second kappa shape index (κ2) is 7.09. The van der Waals surface area contributed by atoms with E-state index in [4.69, 9.17) is 0 Å². The number of phenols is 1. The molecule has 2 fully saturated rings. The standard InChI is InChI=1S/C16H24N4O2/c21-13-20(15-2-1-3-16(22)12-15)19-10-8-18(9-11-19)14-4-6-17-7-5-14/h1-3,12-14,17,22H,4-11H2. The minimum absolute atomic E-state index is 0.178. The van der Waals surface area contributed by atoms with Gasteiger partial charge in [-0.3, -0.25) is 9.69 Å². The normalized spacial score (nSPS) is 21.6. The molecule has 2 aliphatic heterocycles. The lowest BCUT2D eigenvalue weighted by Crippen LogP contribution is -2.57. The Morgan fingerprint density at radius 1 is 1.18 bits per heavy atom. The fraction of sp³-hybridized carbons (Fsp3) is 0.562. The van der Waals surface area contributed by atoms with Crippen LogP contribution in [0, 0.1) is 0 Å². The van der Waals surface area contributed by atoms with E-state index in [-0.39, 0.29) is 5.75 Å². The van der Waals surface area contributed by atoms with E-state index in [9.17, 15) is 9.90 Å². The van der Waals surface area contributed by atoms with Gasteiger partial charge in [-0.25, -0.2) is 10.0 Å². The van der Waals surface area contributed by atoms with Crippen molar-refractivity contribution in [3.05, 3.63) is 24.3 Å². The molecule has 6 heteroatoms. The molecule has 0 aromatic heterocycles. The summed E-state index contributed by atoms with van der Waals surface area (Å²) in [5.41, 5.74) is 0.713. The molecule has 0 radical (unpaired) electrons. The monoisotopic (exact) mass is 304 g/mol. The molecule has 2 N–H and O–H groups in total. The Balaban J connectivity index is 1.60. The molecule has 1 aromatic carbocycles. The van der Waals surface area contributed by atoms with E-state index >= 15 is 0 Å². The van der Waals surface area contributed by atoms with Crippen LogP contribution in [0.2, 0.25) is 0 Å². The molecule has 3 rings (SSSR count). The van der Waals surface area contributed by atoms with Crippen molar-refractivity contribution in [2.75, 3.05) is 44.3 Å². The number of piperidine rings is 1. The molecule has 6 nitrogen and oxygen atoms in total. The molecule has 2 aliphatic rings. The second-order valence-corrected chi connectivity index (χ2v) is 5.94. The van der Waals surface area contributed by atoms with Crippen LogP contribution < -0.4 is 10.3 Å². The van der Waals surface area contributed by atoms with Crippen molar-refractivity contribution in [2.45, 2.75) is 18.9 Å². The average Bonchev–Trinajstić information content (AvgIpc) is 2.57. The van der Waals surface area contributed by atoms with Gasteiger partial charge in [-0.05, 0) is 38.1 Å². The number of phenolic OH excluding ortho intramolecular Hbond substituents is 1. The van der Waals surface area contributed by atoms with Crippen molar-refractivity contribution in [1.82, 2.24) is 15.2 Å². The highest BCUT2D eigenvalue weighted by atomic mass is 16.3. The van der Waals surface area contributed by atoms with E-state index < -0.39 is 0 Å². The van der Waals surface area contributed by atoms with E-state index in [0.29, 0.717) is 11.7 Å². The maximum absolute atomic E-state index is 11.5. The molecule has 0 saturated carbocycles. The lowest BCUT2D eigenvalue weighted by atomic mass is 10.0. The highest BCUT2D eigenvalue weighted by molar-refractivity contribution is 5.74. The summed E-state index contributed by atoms with van der Waals surface area (Å²) in [5, 5.41) is 16.7. The van der Waals surface area contributed by atoms with E-state index in [2.05, 4.69) is 15.2 Å². The van der Waals surface area contributed by atoms with Crippen molar-refractivity contribution in [1.29, 1.82) is 0 Å². The van der Waals surface area contributed by atoms with Gasteiger partial charge >= 0.3 is 0 Å². The first-order valence-corrected chi connectivity index (χ1v) is 8.01. The summed E-state index contributed by atoms with van der Waals surface area (Å²) in [4.78, 5) is 14.0. The van der Waals surface area contributed by atoms with Gasteiger partial charge in [-0.1, -0.05) is 6.07 Å². The number of anilines is 1. The molecule has 2 heterocycles. The molecule has 0 aliphatic carbocycles. The van der Waals surface area contributed by atoms with Gasteiger partial charge in [0.2, 0.25) is 6.41 Å². The van der Waals surface area contributed by atoms with Crippen molar-refractivity contribution in [2.24, 2.45) is 0 Å². The smallest absolute Gasteiger partial charge is 0.228 e. The Morgan fingerprint density at radius 3 is 2.55 bits per heavy atom. The van der Waals surface area contributed by atoms with Crippen molar-refractivity contribution in [3.63, 3.8) is 0 Å². The second-order valence-electron chi connectivity index (χ2n) is 5.94. The molecular formula is C16H24N4O2. The average molecular weight is 304 g/mol. The third-order valence-electron chi connectivity index (χ3n) is 4.61. The Hall–Kier alpha value is -1.63. The lowest BCUT2D eigenvalue weighted by molar-refractivity contribution is -0.110. The summed E-state index contributed by atoms with van der Waals surface area (Å²) < 4.78 is 0. The number of benzene rings is 1. The first kappa shape index (κ1) is 15.3. The first-order chi connectivity index (χ1) is 10.8. The SMILES string of the molecule is O=CN(c1cccc(O)c1)N1CCN(C2CCNCC2)CC1. The number of carbonyl (C=O) groups is 1. The number of hydrogen-bond acceptors (Lipinski definition) is 5. The number of piperazine rings is 1. The van der Waals surface area contributed by atoms with Crippen molar-refractivity contribution < 1.29 is 9.90 Å². The molecule has 0 spiro atoms. The van der Waals surface area contributed by atoms with Gasteiger partial charge in [0.1, 0.15) is 5.75 Å². The fourth-order valence-electron chi connectivity index (χ4n) is 3.39. The van der Waals surface area contributed by atoms with Crippen LogP contribution >= 0.6 is 0 Å². The Kier molecular flexibility index (Phi) is 4.92. The third kappa shape index (κ3) is 3.40. The van der Waals surface area contributed by atoms with Gasteiger partial charge < -0.3 is 10.4 Å². The number of hydrazine groups is 1. The van der Waals surface area contributed by atoms with Crippen molar-refractivity contribution >= 4 is 12.1 Å². The number of carbonyl (C=O) groups excluding carboxylic acids is 1. The van der Waals surface area contributed by atoms with Gasteiger partial charge in [0.15, 0.2) is 0 Å². The molecule has 120 valence electrons. The fourth-order valence-corrected chi connectivity index (χ4v) is 3.39. The third-order valence-corrected chi connectivity index (χ3v) is 4.61. The van der Waals surface area contributed by atoms with Crippen LogP contribution in [0.1, 0.15) is 12.8 Å². The minimum Gasteiger partial charge on any atom is -0.508 e. The number of rotatable bonds is 4. The summed E-state index contributed by atoms with van der Waals surface area (Å²) in [5.74, 6) is 0.178. The highest BCUT2D eigenvalue weighted by Crippen LogP contribution is 2.22. The molecule has 2 saturated heterocycles. The Labute approximate surface area is 131 Å². The number of nitrogens with one attached hydrogen (secondary N) is 1. The number of hydrogen-bond donors (Lipinski definition) is 2. The zero-order valence-corrected chi connectivity index (χ0v) is 12.8. The topological polar surface area (TPSA) is 59.1 Å². The van der Waals surface area contributed by atoms with E-state index in [1.807, 2.05) is 6.07 Å². The van der Waals surface area contributed by atoms with Crippen LogP contribution in [-0.4, -0.2) is 66.7 Å². The van der Waals surface area contributed by atoms with Gasteiger partial charge in [-0.15, -0.1) is 0 Å². The predicted molar refractivity (Wildman–Crippen MR) is 85.7 cm³/mol. The Morgan fingerprint density at radius 2 is 1.91 bits per heavy atom. The van der Waals surface area contributed by atoms with E-state index in [1.54, 1.807) is 23.2 Å². The number of nitrogens with zero attached hydrogens (tertiary/aromatic N) is 3. The van der Waals surface area contributed by atoms with Crippen LogP contribution in [0.25, 0.3) is 0 Å². The van der Waals surface area contributed by atoms with Crippen LogP contribution in [-0.2, 0) is 4.79 Å². The molecule has 0 unspecified atom stereocenters. The van der Waals surface area contributed by atoms with Gasteiger partial charge in [0.25, 0.3) is 0 Å². The van der Waals surface area contributed by atoms with Crippen LogP contribution in [0.15, 0.2) is 24.3 Å². The molecule has 1 aromatic rings. The van der Waals surface area contributed by atoms with Crippen LogP contribution in [0.4, 0.5) is 5.69 Å². The largest absolute Gasteiger partial charge is 0.508 e. The molecule has 0 bridgehead atoms. The molecule has 22 heavy (non-hydrogen) atoms. The van der Waals surface area contributed by atoms with Gasteiger partial charge in [0, 0.05) is 38.3 Å². The molecule has 0 atom stereocenters. The summed E-state index contributed by atoms with van der Waals surface area (Å²) in [6, 6.07) is 7.50. The number of amides is 1. The lowest BCUT2D eigenvalue weighted by Gasteiger charge is -2.43. The predicted octanol–water partition coefficient (Wildman–Crippen LogP) is 0.640. The highest BCUT2D eigenvalue weighted by Gasteiger charge is 2.27. The molecular weight excluding hydrogens is 280 g/mol. The van der Waals surface area contributed by atoms with Crippen LogP contribution in [0.3, 0.4) is 0 Å². The maximum Gasteiger partial charge on any atom is 0.228 e.